The van der Waals surface area contributed by atoms with Crippen LogP contribution < -0.4 is 10.9 Å². The van der Waals surface area contributed by atoms with Crippen LogP contribution in [-0.4, -0.2) is 15.5 Å². The molecule has 1 N–H and O–H groups in total. The third-order valence-corrected chi connectivity index (χ3v) is 5.47. The first kappa shape index (κ1) is 16.5. The maximum absolute atomic E-state index is 12.8. The van der Waals surface area contributed by atoms with Crippen LogP contribution in [0.1, 0.15) is 11.1 Å². The number of nitrogens with one attached hydrogen (secondary N) is 1. The molecule has 0 saturated heterocycles. The summed E-state index contributed by atoms with van der Waals surface area (Å²) in [5, 5.41) is 3.83. The van der Waals surface area contributed by atoms with E-state index in [0.717, 1.165) is 26.9 Å². The van der Waals surface area contributed by atoms with Crippen molar-refractivity contribution in [2.24, 2.45) is 0 Å². The first-order chi connectivity index (χ1) is 12.5. The van der Waals surface area contributed by atoms with Crippen molar-refractivity contribution in [1.29, 1.82) is 0 Å². The van der Waals surface area contributed by atoms with E-state index in [0.29, 0.717) is 10.2 Å². The first-order valence-corrected chi connectivity index (χ1v) is 9.08. The van der Waals surface area contributed by atoms with Crippen LogP contribution in [0.5, 0.6) is 0 Å². The monoisotopic (exact) mass is 363 g/mol. The lowest BCUT2D eigenvalue weighted by Gasteiger charge is -2.10. The van der Waals surface area contributed by atoms with Gasteiger partial charge in [0.15, 0.2) is 0 Å². The van der Waals surface area contributed by atoms with Gasteiger partial charge >= 0.3 is 0 Å². The minimum atomic E-state index is -0.249. The molecule has 4 rings (SSSR count). The third kappa shape index (κ3) is 2.88. The average Bonchev–Trinajstić information content (AvgIpc) is 2.99. The van der Waals surface area contributed by atoms with Gasteiger partial charge in [-0.25, -0.2) is 4.98 Å². The Morgan fingerprint density at radius 2 is 2.00 bits per heavy atom. The van der Waals surface area contributed by atoms with Crippen LogP contribution in [0.4, 0.5) is 5.69 Å². The molecular weight excluding hydrogens is 346 g/mol. The Balaban J connectivity index is 1.64. The highest BCUT2D eigenvalue weighted by molar-refractivity contribution is 7.25. The van der Waals surface area contributed by atoms with Gasteiger partial charge in [0.05, 0.1) is 11.8 Å². The Bertz CT molecular complexity index is 1210. The molecule has 0 saturated carbocycles. The molecule has 130 valence electrons. The highest BCUT2D eigenvalue weighted by atomic mass is 32.1. The van der Waals surface area contributed by atoms with Crippen LogP contribution in [0.3, 0.4) is 0 Å². The number of rotatable bonds is 3. The predicted molar refractivity (Wildman–Crippen MR) is 106 cm³/mol. The summed E-state index contributed by atoms with van der Waals surface area (Å²) < 4.78 is 2.95. The smallest absolute Gasteiger partial charge is 0.271 e. The molecule has 0 unspecified atom stereocenters. The van der Waals surface area contributed by atoms with Crippen LogP contribution in [0.2, 0.25) is 0 Å². The van der Waals surface area contributed by atoms with Gasteiger partial charge < -0.3 is 5.32 Å². The Morgan fingerprint density at radius 3 is 2.81 bits per heavy atom. The lowest BCUT2D eigenvalue weighted by molar-refractivity contribution is -0.116. The molecular formula is C20H17N3O2S. The van der Waals surface area contributed by atoms with E-state index >= 15 is 0 Å². The molecule has 6 heteroatoms. The van der Waals surface area contributed by atoms with Crippen LogP contribution in [0.15, 0.2) is 53.6 Å². The van der Waals surface area contributed by atoms with E-state index in [9.17, 15) is 9.59 Å². The molecule has 0 fully saturated rings. The summed E-state index contributed by atoms with van der Waals surface area (Å²) in [4.78, 5) is 29.5. The van der Waals surface area contributed by atoms with Gasteiger partial charge in [0.1, 0.15) is 11.2 Å². The summed E-state index contributed by atoms with van der Waals surface area (Å²) in [7, 11) is 0. The maximum Gasteiger partial charge on any atom is 0.271 e. The molecule has 4 aromatic rings. The molecule has 0 radical (unpaired) electrons. The summed E-state index contributed by atoms with van der Waals surface area (Å²) in [6.45, 7) is 3.88. The van der Waals surface area contributed by atoms with E-state index in [1.807, 2.05) is 56.3 Å². The van der Waals surface area contributed by atoms with Crippen molar-refractivity contribution in [3.05, 3.63) is 70.3 Å². The number of carbonyl (C=O) groups is 1. The fourth-order valence-electron chi connectivity index (χ4n) is 3.03. The topological polar surface area (TPSA) is 64.0 Å². The van der Waals surface area contributed by atoms with Crippen LogP contribution in [0.25, 0.3) is 20.3 Å². The highest BCUT2D eigenvalue weighted by Gasteiger charge is 2.13. The van der Waals surface area contributed by atoms with Crippen molar-refractivity contribution in [3.8, 4) is 0 Å². The van der Waals surface area contributed by atoms with Gasteiger partial charge in [-0.2, -0.15) is 0 Å². The van der Waals surface area contributed by atoms with Gasteiger partial charge in [0, 0.05) is 15.8 Å². The molecule has 0 spiro atoms. The van der Waals surface area contributed by atoms with Gasteiger partial charge in [0.25, 0.3) is 5.56 Å². The standard InChI is InChI=1S/C20H17N3O2S/c1-12-7-8-15(13(2)9-12)22-17(24)10-23-11-21-18-14-5-3-4-6-16(14)26-19(18)20(23)25/h3-9,11H,10H2,1-2H3,(H,22,24). The molecule has 2 heterocycles. The third-order valence-electron chi connectivity index (χ3n) is 4.32. The second-order valence-electron chi connectivity index (χ2n) is 6.32. The van der Waals surface area contributed by atoms with Crippen molar-refractivity contribution in [2.45, 2.75) is 20.4 Å². The Labute approximate surface area is 153 Å². The van der Waals surface area contributed by atoms with Crippen molar-refractivity contribution in [2.75, 3.05) is 5.32 Å². The van der Waals surface area contributed by atoms with Gasteiger partial charge in [-0.05, 0) is 31.5 Å². The summed E-state index contributed by atoms with van der Waals surface area (Å²) in [6.07, 6.45) is 1.45. The summed E-state index contributed by atoms with van der Waals surface area (Å²) in [6, 6.07) is 13.6. The second-order valence-corrected chi connectivity index (χ2v) is 7.37. The summed E-state index contributed by atoms with van der Waals surface area (Å²) >= 11 is 1.41. The largest absolute Gasteiger partial charge is 0.324 e. The van der Waals surface area contributed by atoms with Crippen LogP contribution >= 0.6 is 11.3 Å². The molecule has 2 aromatic heterocycles. The minimum Gasteiger partial charge on any atom is -0.324 e. The zero-order valence-electron chi connectivity index (χ0n) is 14.4. The molecule has 26 heavy (non-hydrogen) atoms. The Kier molecular flexibility index (Phi) is 4.05. The van der Waals surface area contributed by atoms with E-state index < -0.39 is 0 Å². The summed E-state index contributed by atoms with van der Waals surface area (Å²) in [5.74, 6) is -0.249. The van der Waals surface area contributed by atoms with Crippen molar-refractivity contribution < 1.29 is 4.79 Å². The molecule has 0 aliphatic heterocycles. The fraction of sp³-hybridized carbons (Fsp3) is 0.150. The van der Waals surface area contributed by atoms with E-state index in [2.05, 4.69) is 10.3 Å². The van der Waals surface area contributed by atoms with Crippen molar-refractivity contribution >= 4 is 43.2 Å². The van der Waals surface area contributed by atoms with Crippen LogP contribution in [-0.2, 0) is 11.3 Å². The molecule has 0 atom stereocenters. The number of anilines is 1. The minimum absolute atomic E-state index is 0.0661. The zero-order chi connectivity index (χ0) is 18.3. The number of amides is 1. The van der Waals surface area contributed by atoms with Crippen molar-refractivity contribution in [1.82, 2.24) is 9.55 Å². The van der Waals surface area contributed by atoms with Crippen LogP contribution in [0, 0.1) is 13.8 Å². The van der Waals surface area contributed by atoms with Gasteiger partial charge in [-0.3, -0.25) is 14.2 Å². The number of aromatic nitrogens is 2. The number of aryl methyl sites for hydroxylation is 2. The number of hydrogen-bond acceptors (Lipinski definition) is 4. The number of carbonyl (C=O) groups excluding carboxylic acids is 1. The lowest BCUT2D eigenvalue weighted by Crippen LogP contribution is -2.27. The summed E-state index contributed by atoms with van der Waals surface area (Å²) in [5.41, 5.74) is 3.39. The Morgan fingerprint density at radius 1 is 1.19 bits per heavy atom. The van der Waals surface area contributed by atoms with Crippen molar-refractivity contribution in [3.63, 3.8) is 0 Å². The molecule has 1 amide bonds. The number of fused-ring (bicyclic) bond motifs is 3. The highest BCUT2D eigenvalue weighted by Crippen LogP contribution is 2.29. The normalized spacial score (nSPS) is 11.2. The molecule has 0 bridgehead atoms. The SMILES string of the molecule is Cc1ccc(NC(=O)Cn2cnc3c(sc4ccccc43)c2=O)c(C)c1. The zero-order valence-corrected chi connectivity index (χ0v) is 15.3. The molecule has 5 nitrogen and oxygen atoms in total. The first-order valence-electron chi connectivity index (χ1n) is 8.27. The number of nitrogens with zero attached hydrogens (tertiary/aromatic N) is 2. The second kappa shape index (κ2) is 6.38. The number of thiophene rings is 1. The lowest BCUT2D eigenvalue weighted by atomic mass is 10.1. The molecule has 2 aromatic carbocycles. The predicted octanol–water partition coefficient (Wildman–Crippen LogP) is 3.87. The van der Waals surface area contributed by atoms with E-state index in [4.69, 9.17) is 0 Å². The Hall–Kier alpha value is -2.99. The van der Waals surface area contributed by atoms with Gasteiger partial charge in [-0.15, -0.1) is 11.3 Å². The van der Waals surface area contributed by atoms with Gasteiger partial charge in [0.2, 0.25) is 5.91 Å². The van der Waals surface area contributed by atoms with E-state index in [1.54, 1.807) is 0 Å². The quantitative estimate of drug-likeness (QED) is 0.601. The maximum atomic E-state index is 12.8. The van der Waals surface area contributed by atoms with Gasteiger partial charge in [-0.1, -0.05) is 35.9 Å². The number of benzene rings is 2. The molecule has 0 aliphatic rings. The van der Waals surface area contributed by atoms with E-state index in [1.165, 1.54) is 22.2 Å². The average molecular weight is 363 g/mol. The van der Waals surface area contributed by atoms with E-state index in [-0.39, 0.29) is 18.0 Å². The molecule has 0 aliphatic carbocycles. The number of hydrogen-bond donors (Lipinski definition) is 1. The fourth-order valence-corrected chi connectivity index (χ4v) is 4.13.